The van der Waals surface area contributed by atoms with Crippen molar-refractivity contribution in [1.29, 1.82) is 0 Å². The molecule has 0 radical (unpaired) electrons. The third kappa shape index (κ3) is 3.13. The van der Waals surface area contributed by atoms with E-state index in [1.54, 1.807) is 30.5 Å². The van der Waals surface area contributed by atoms with Gasteiger partial charge in [-0.2, -0.15) is 0 Å². The number of carbonyl (C=O) groups excluding carboxylic acids is 1. The van der Waals surface area contributed by atoms with Gasteiger partial charge in [0.2, 0.25) is 5.91 Å². The third-order valence-corrected chi connectivity index (χ3v) is 2.49. The Bertz CT molecular complexity index is 552. The van der Waals surface area contributed by atoms with Crippen molar-refractivity contribution >= 4 is 11.7 Å². The maximum Gasteiger partial charge on any atom is 0.230 e. The molecule has 0 aliphatic heterocycles. The monoisotopic (exact) mass is 244 g/mol. The summed E-state index contributed by atoms with van der Waals surface area (Å²) < 4.78 is 13.3. The van der Waals surface area contributed by atoms with Crippen LogP contribution >= 0.6 is 0 Å². The van der Waals surface area contributed by atoms with Crippen LogP contribution in [0, 0.1) is 12.7 Å². The zero-order valence-corrected chi connectivity index (χ0v) is 9.98. The fourth-order valence-corrected chi connectivity index (χ4v) is 1.54. The number of nitrogens with zero attached hydrogens (tertiary/aromatic N) is 1. The van der Waals surface area contributed by atoms with Crippen LogP contribution in [0.5, 0.6) is 0 Å². The van der Waals surface area contributed by atoms with Crippen LogP contribution < -0.4 is 5.32 Å². The van der Waals surface area contributed by atoms with Crippen molar-refractivity contribution in [2.75, 3.05) is 5.32 Å². The highest BCUT2D eigenvalue weighted by Gasteiger charge is 2.08. The average molecular weight is 244 g/mol. The van der Waals surface area contributed by atoms with Crippen LogP contribution in [0.4, 0.5) is 10.2 Å². The average Bonchev–Trinajstić information content (AvgIpc) is 2.35. The van der Waals surface area contributed by atoms with Gasteiger partial charge in [0.25, 0.3) is 0 Å². The third-order valence-electron chi connectivity index (χ3n) is 2.49. The van der Waals surface area contributed by atoms with Gasteiger partial charge in [0, 0.05) is 6.20 Å². The Labute approximate surface area is 105 Å². The highest BCUT2D eigenvalue weighted by atomic mass is 19.1. The quantitative estimate of drug-likeness (QED) is 0.902. The van der Waals surface area contributed by atoms with Crippen molar-refractivity contribution in [1.82, 2.24) is 4.98 Å². The number of benzene rings is 1. The molecular formula is C14H13FN2O. The molecule has 4 heteroatoms. The van der Waals surface area contributed by atoms with Crippen molar-refractivity contribution < 1.29 is 9.18 Å². The first-order valence-corrected chi connectivity index (χ1v) is 5.61. The normalized spacial score (nSPS) is 10.1. The number of aryl methyl sites for hydroxylation is 1. The van der Waals surface area contributed by atoms with Crippen molar-refractivity contribution in [2.24, 2.45) is 0 Å². The van der Waals surface area contributed by atoms with E-state index in [-0.39, 0.29) is 18.1 Å². The van der Waals surface area contributed by atoms with Crippen LogP contribution in [0.3, 0.4) is 0 Å². The molecule has 2 rings (SSSR count). The van der Waals surface area contributed by atoms with E-state index in [4.69, 9.17) is 0 Å². The highest BCUT2D eigenvalue weighted by Crippen LogP contribution is 2.09. The molecule has 0 aliphatic rings. The van der Waals surface area contributed by atoms with Gasteiger partial charge >= 0.3 is 0 Å². The van der Waals surface area contributed by atoms with Gasteiger partial charge in [0.15, 0.2) is 0 Å². The molecule has 2 aromatic rings. The van der Waals surface area contributed by atoms with E-state index in [9.17, 15) is 9.18 Å². The topological polar surface area (TPSA) is 42.0 Å². The van der Waals surface area contributed by atoms with Crippen LogP contribution in [0.1, 0.15) is 11.1 Å². The lowest BCUT2D eigenvalue weighted by molar-refractivity contribution is -0.115. The highest BCUT2D eigenvalue weighted by molar-refractivity contribution is 5.91. The Balaban J connectivity index is 2.01. The predicted octanol–water partition coefficient (Wildman–Crippen LogP) is 2.71. The molecule has 1 aromatic heterocycles. The van der Waals surface area contributed by atoms with Gasteiger partial charge in [-0.15, -0.1) is 0 Å². The number of pyridine rings is 1. The van der Waals surface area contributed by atoms with Crippen LogP contribution in [-0.4, -0.2) is 10.9 Å². The Hall–Kier alpha value is -2.23. The first-order chi connectivity index (χ1) is 8.65. The Morgan fingerprint density at radius 2 is 2.06 bits per heavy atom. The van der Waals surface area contributed by atoms with Gasteiger partial charge < -0.3 is 5.32 Å². The molecule has 1 heterocycles. The number of rotatable bonds is 3. The predicted molar refractivity (Wildman–Crippen MR) is 67.7 cm³/mol. The molecule has 0 spiro atoms. The second-order valence-electron chi connectivity index (χ2n) is 4.04. The minimum absolute atomic E-state index is 0.00221. The standard InChI is InChI=1S/C14H13FN2O/c1-10-6-7-13(16-9-10)17-14(18)8-11-4-2-3-5-12(11)15/h2-7,9H,8H2,1H3,(H,16,17,18). The van der Waals surface area contributed by atoms with Crippen LogP contribution in [0.25, 0.3) is 0 Å². The Morgan fingerprint density at radius 3 is 2.72 bits per heavy atom. The Kier molecular flexibility index (Phi) is 3.67. The summed E-state index contributed by atoms with van der Waals surface area (Å²) in [6, 6.07) is 9.80. The van der Waals surface area contributed by atoms with Crippen LogP contribution in [0.15, 0.2) is 42.6 Å². The summed E-state index contributed by atoms with van der Waals surface area (Å²) in [4.78, 5) is 15.8. The van der Waals surface area contributed by atoms with Crippen molar-refractivity contribution in [3.05, 3.63) is 59.5 Å². The zero-order valence-electron chi connectivity index (χ0n) is 9.98. The number of anilines is 1. The molecule has 1 N–H and O–H groups in total. The van der Waals surface area contributed by atoms with Crippen LogP contribution in [0.2, 0.25) is 0 Å². The lowest BCUT2D eigenvalue weighted by atomic mass is 10.1. The molecule has 0 fully saturated rings. The van der Waals surface area contributed by atoms with E-state index in [2.05, 4.69) is 10.3 Å². The molecule has 92 valence electrons. The number of aromatic nitrogens is 1. The first kappa shape index (κ1) is 12.2. The summed E-state index contributed by atoms with van der Waals surface area (Å²) in [5.74, 6) is -0.178. The number of nitrogens with one attached hydrogen (secondary N) is 1. The number of amides is 1. The van der Waals surface area contributed by atoms with Crippen molar-refractivity contribution in [2.45, 2.75) is 13.3 Å². The summed E-state index contributed by atoms with van der Waals surface area (Å²) in [5, 5.41) is 2.63. The van der Waals surface area contributed by atoms with Gasteiger partial charge in [-0.25, -0.2) is 9.37 Å². The number of halogens is 1. The SMILES string of the molecule is Cc1ccc(NC(=O)Cc2ccccc2F)nc1. The molecular weight excluding hydrogens is 231 g/mol. The minimum Gasteiger partial charge on any atom is -0.310 e. The fraction of sp³-hybridized carbons (Fsp3) is 0.143. The van der Waals surface area contributed by atoms with E-state index in [0.717, 1.165) is 5.56 Å². The van der Waals surface area contributed by atoms with E-state index in [1.807, 2.05) is 13.0 Å². The van der Waals surface area contributed by atoms with Gasteiger partial charge in [0.1, 0.15) is 11.6 Å². The van der Waals surface area contributed by atoms with E-state index in [1.165, 1.54) is 6.07 Å². The summed E-state index contributed by atoms with van der Waals surface area (Å²) in [6.07, 6.45) is 1.67. The van der Waals surface area contributed by atoms with Gasteiger partial charge in [0.05, 0.1) is 6.42 Å². The second-order valence-corrected chi connectivity index (χ2v) is 4.04. The molecule has 0 aliphatic carbocycles. The number of carbonyl (C=O) groups is 1. The van der Waals surface area contributed by atoms with Gasteiger partial charge in [-0.05, 0) is 30.2 Å². The summed E-state index contributed by atoms with van der Waals surface area (Å²) >= 11 is 0. The summed E-state index contributed by atoms with van der Waals surface area (Å²) in [5.41, 5.74) is 1.39. The zero-order chi connectivity index (χ0) is 13.0. The van der Waals surface area contributed by atoms with Crippen LogP contribution in [-0.2, 0) is 11.2 Å². The van der Waals surface area contributed by atoms with E-state index in [0.29, 0.717) is 11.4 Å². The molecule has 0 bridgehead atoms. The first-order valence-electron chi connectivity index (χ1n) is 5.61. The van der Waals surface area contributed by atoms with Crippen molar-refractivity contribution in [3.8, 4) is 0 Å². The summed E-state index contributed by atoms with van der Waals surface area (Å²) in [6.45, 7) is 1.91. The van der Waals surface area contributed by atoms with E-state index >= 15 is 0 Å². The molecule has 3 nitrogen and oxygen atoms in total. The summed E-state index contributed by atoms with van der Waals surface area (Å²) in [7, 11) is 0. The maximum atomic E-state index is 13.3. The lowest BCUT2D eigenvalue weighted by Gasteiger charge is -2.05. The fourth-order valence-electron chi connectivity index (χ4n) is 1.54. The smallest absolute Gasteiger partial charge is 0.230 e. The molecule has 1 amide bonds. The largest absolute Gasteiger partial charge is 0.310 e. The number of hydrogen-bond donors (Lipinski definition) is 1. The van der Waals surface area contributed by atoms with Gasteiger partial charge in [-0.1, -0.05) is 24.3 Å². The molecule has 0 unspecified atom stereocenters. The molecule has 0 saturated heterocycles. The van der Waals surface area contributed by atoms with Gasteiger partial charge in [-0.3, -0.25) is 4.79 Å². The molecule has 0 saturated carbocycles. The second kappa shape index (κ2) is 5.40. The molecule has 18 heavy (non-hydrogen) atoms. The Morgan fingerprint density at radius 1 is 1.28 bits per heavy atom. The molecule has 0 atom stereocenters. The maximum absolute atomic E-state index is 13.3. The van der Waals surface area contributed by atoms with Crippen molar-refractivity contribution in [3.63, 3.8) is 0 Å². The number of hydrogen-bond acceptors (Lipinski definition) is 2. The molecule has 1 aromatic carbocycles. The minimum atomic E-state index is -0.371. The van der Waals surface area contributed by atoms with E-state index < -0.39 is 0 Å². The lowest BCUT2D eigenvalue weighted by Crippen LogP contribution is -2.15.